The summed E-state index contributed by atoms with van der Waals surface area (Å²) in [6.07, 6.45) is 2.53. The summed E-state index contributed by atoms with van der Waals surface area (Å²) in [5.74, 6) is -0.128. The van der Waals surface area contributed by atoms with Crippen LogP contribution in [-0.4, -0.2) is 30.8 Å². The van der Waals surface area contributed by atoms with Crippen LogP contribution in [0.1, 0.15) is 24.0 Å². The first-order valence-electron chi connectivity index (χ1n) is 8.78. The van der Waals surface area contributed by atoms with Gasteiger partial charge in [0, 0.05) is 6.54 Å². The maximum absolute atomic E-state index is 11.4. The number of aliphatic carboxylic acids is 1. The number of carboxylic acid groups (broad SMARTS) is 1. The molecule has 0 fully saturated rings. The largest absolute Gasteiger partial charge is 0.492 e. The molecule has 4 nitrogen and oxygen atoms in total. The molecule has 0 aromatic heterocycles. The first kappa shape index (κ1) is 18.5. The van der Waals surface area contributed by atoms with Crippen LogP contribution in [0.15, 0.2) is 54.1 Å². The molecule has 0 unspecified atom stereocenters. The molecule has 1 aliphatic rings. The van der Waals surface area contributed by atoms with Gasteiger partial charge >= 0.3 is 5.97 Å². The third-order valence-electron chi connectivity index (χ3n) is 4.48. The van der Waals surface area contributed by atoms with Crippen LogP contribution < -0.4 is 10.1 Å². The molecule has 2 N–H and O–H groups in total. The maximum Gasteiger partial charge on any atom is 0.333 e. The van der Waals surface area contributed by atoms with Crippen molar-refractivity contribution in [3.63, 3.8) is 0 Å². The predicted molar refractivity (Wildman–Crippen MR) is 104 cm³/mol. The van der Waals surface area contributed by atoms with Crippen molar-refractivity contribution in [2.75, 3.05) is 19.7 Å². The van der Waals surface area contributed by atoms with E-state index in [9.17, 15) is 9.90 Å². The summed E-state index contributed by atoms with van der Waals surface area (Å²) in [5, 5.41) is 13.1. The van der Waals surface area contributed by atoms with Crippen LogP contribution in [0.5, 0.6) is 5.75 Å². The zero-order chi connectivity index (χ0) is 18.4. The van der Waals surface area contributed by atoms with Crippen molar-refractivity contribution >= 4 is 23.1 Å². The Hall–Kier alpha value is -2.30. The lowest BCUT2D eigenvalue weighted by Gasteiger charge is -2.19. The van der Waals surface area contributed by atoms with Gasteiger partial charge in [0.25, 0.3) is 0 Å². The Morgan fingerprint density at radius 2 is 1.92 bits per heavy atom. The number of carboxylic acids is 1. The van der Waals surface area contributed by atoms with Crippen molar-refractivity contribution in [3.8, 4) is 5.75 Å². The average molecular weight is 372 g/mol. The van der Waals surface area contributed by atoms with Crippen molar-refractivity contribution < 1.29 is 14.6 Å². The van der Waals surface area contributed by atoms with Crippen molar-refractivity contribution in [1.29, 1.82) is 0 Å². The Labute approximate surface area is 158 Å². The SMILES string of the molecule is O=C(O)C1=C(c2ccc(CCCOc3ccccc3Cl)cc2)CCNC1. The van der Waals surface area contributed by atoms with Crippen LogP contribution in [0.2, 0.25) is 5.02 Å². The standard InChI is InChI=1S/C21H22ClNO3/c22-19-5-1-2-6-20(19)26-13-3-4-15-7-9-16(10-8-15)17-11-12-23-14-18(17)21(24)25/h1-2,5-10,23H,3-4,11-14H2,(H,24,25). The molecule has 2 aromatic carbocycles. The molecule has 3 rings (SSSR count). The van der Waals surface area contributed by atoms with E-state index in [1.54, 1.807) is 0 Å². The minimum atomic E-state index is -0.840. The number of benzene rings is 2. The number of para-hydroxylation sites is 1. The summed E-state index contributed by atoms with van der Waals surface area (Å²) in [6.45, 7) is 1.84. The Balaban J connectivity index is 1.56. The number of nitrogens with one attached hydrogen (secondary N) is 1. The fourth-order valence-corrected chi connectivity index (χ4v) is 3.29. The first-order valence-corrected chi connectivity index (χ1v) is 9.15. The molecule has 2 aromatic rings. The second-order valence-corrected chi connectivity index (χ2v) is 6.68. The number of hydrogen-bond donors (Lipinski definition) is 2. The van der Waals surface area contributed by atoms with E-state index in [-0.39, 0.29) is 0 Å². The van der Waals surface area contributed by atoms with Gasteiger partial charge in [-0.25, -0.2) is 4.79 Å². The molecule has 0 saturated carbocycles. The zero-order valence-corrected chi connectivity index (χ0v) is 15.3. The number of aryl methyl sites for hydroxylation is 1. The summed E-state index contributed by atoms with van der Waals surface area (Å²) in [5.41, 5.74) is 3.62. The fourth-order valence-electron chi connectivity index (χ4n) is 3.10. The van der Waals surface area contributed by atoms with Crippen molar-refractivity contribution in [1.82, 2.24) is 5.32 Å². The topological polar surface area (TPSA) is 58.6 Å². The Morgan fingerprint density at radius 1 is 1.15 bits per heavy atom. The molecule has 26 heavy (non-hydrogen) atoms. The molecule has 136 valence electrons. The molecule has 0 saturated heterocycles. The Bertz CT molecular complexity index is 799. The smallest absolute Gasteiger partial charge is 0.333 e. The summed E-state index contributed by atoms with van der Waals surface area (Å²) < 4.78 is 5.71. The molecule has 0 radical (unpaired) electrons. The van der Waals surface area contributed by atoms with Gasteiger partial charge in [0.1, 0.15) is 5.75 Å². The lowest BCUT2D eigenvalue weighted by molar-refractivity contribution is -0.132. The molecule has 0 atom stereocenters. The average Bonchev–Trinajstić information content (AvgIpc) is 2.67. The van der Waals surface area contributed by atoms with Crippen LogP contribution >= 0.6 is 11.6 Å². The van der Waals surface area contributed by atoms with Gasteiger partial charge in [-0.2, -0.15) is 0 Å². The van der Waals surface area contributed by atoms with E-state index in [1.165, 1.54) is 5.56 Å². The predicted octanol–water partition coefficient (Wildman–Crippen LogP) is 4.18. The molecular formula is C21H22ClNO3. The fraction of sp³-hybridized carbons (Fsp3) is 0.286. The molecule has 1 aliphatic heterocycles. The second-order valence-electron chi connectivity index (χ2n) is 6.27. The quantitative estimate of drug-likeness (QED) is 0.717. The van der Waals surface area contributed by atoms with Gasteiger partial charge in [0.05, 0.1) is 17.2 Å². The van der Waals surface area contributed by atoms with Crippen LogP contribution in [-0.2, 0) is 11.2 Å². The third kappa shape index (κ3) is 4.65. The van der Waals surface area contributed by atoms with Gasteiger partial charge in [-0.05, 0) is 54.6 Å². The van der Waals surface area contributed by atoms with Gasteiger partial charge in [0.2, 0.25) is 0 Å². The van der Waals surface area contributed by atoms with Gasteiger partial charge in [-0.1, -0.05) is 48.0 Å². The molecule has 1 heterocycles. The van der Waals surface area contributed by atoms with Gasteiger partial charge in [0.15, 0.2) is 0 Å². The van der Waals surface area contributed by atoms with Gasteiger partial charge < -0.3 is 15.2 Å². The number of rotatable bonds is 7. The summed E-state index contributed by atoms with van der Waals surface area (Å²) in [7, 11) is 0. The Morgan fingerprint density at radius 3 is 2.65 bits per heavy atom. The molecular weight excluding hydrogens is 350 g/mol. The minimum absolute atomic E-state index is 0.422. The van der Waals surface area contributed by atoms with Crippen LogP contribution in [0, 0.1) is 0 Å². The third-order valence-corrected chi connectivity index (χ3v) is 4.79. The highest BCUT2D eigenvalue weighted by molar-refractivity contribution is 6.32. The molecule has 0 spiro atoms. The highest BCUT2D eigenvalue weighted by atomic mass is 35.5. The van der Waals surface area contributed by atoms with E-state index in [4.69, 9.17) is 16.3 Å². The lowest BCUT2D eigenvalue weighted by atomic mass is 9.93. The van der Waals surface area contributed by atoms with Gasteiger partial charge in [-0.15, -0.1) is 0 Å². The van der Waals surface area contributed by atoms with E-state index >= 15 is 0 Å². The maximum atomic E-state index is 11.4. The summed E-state index contributed by atoms with van der Waals surface area (Å²) in [4.78, 5) is 11.4. The molecule has 5 heteroatoms. The second kappa shape index (κ2) is 8.88. The zero-order valence-electron chi connectivity index (χ0n) is 14.5. The van der Waals surface area contributed by atoms with E-state index in [2.05, 4.69) is 17.4 Å². The van der Waals surface area contributed by atoms with Crippen molar-refractivity contribution in [3.05, 3.63) is 70.3 Å². The first-order chi connectivity index (χ1) is 12.6. The molecule has 0 aliphatic carbocycles. The van der Waals surface area contributed by atoms with Crippen LogP contribution in [0.25, 0.3) is 5.57 Å². The minimum Gasteiger partial charge on any atom is -0.492 e. The van der Waals surface area contributed by atoms with E-state index in [0.717, 1.165) is 36.9 Å². The lowest BCUT2D eigenvalue weighted by Crippen LogP contribution is -2.28. The van der Waals surface area contributed by atoms with E-state index in [1.807, 2.05) is 36.4 Å². The van der Waals surface area contributed by atoms with E-state index < -0.39 is 5.97 Å². The highest BCUT2D eigenvalue weighted by Crippen LogP contribution is 2.26. The summed E-state index contributed by atoms with van der Waals surface area (Å²) >= 11 is 6.07. The van der Waals surface area contributed by atoms with Crippen molar-refractivity contribution in [2.24, 2.45) is 0 Å². The number of halogens is 1. The normalized spacial score (nSPS) is 14.3. The highest BCUT2D eigenvalue weighted by Gasteiger charge is 2.19. The number of hydrogen-bond acceptors (Lipinski definition) is 3. The Kier molecular flexibility index (Phi) is 6.31. The van der Waals surface area contributed by atoms with Crippen LogP contribution in [0.4, 0.5) is 0 Å². The van der Waals surface area contributed by atoms with E-state index in [0.29, 0.717) is 29.5 Å². The molecule has 0 bridgehead atoms. The summed E-state index contributed by atoms with van der Waals surface area (Å²) in [6, 6.07) is 15.6. The number of ether oxygens (including phenoxy) is 1. The van der Waals surface area contributed by atoms with Crippen molar-refractivity contribution in [2.45, 2.75) is 19.3 Å². The van der Waals surface area contributed by atoms with Crippen LogP contribution in [0.3, 0.4) is 0 Å². The molecule has 0 amide bonds. The number of carbonyl (C=O) groups is 1. The van der Waals surface area contributed by atoms with Gasteiger partial charge in [-0.3, -0.25) is 0 Å². The monoisotopic (exact) mass is 371 g/mol.